The van der Waals surface area contributed by atoms with Crippen LogP contribution in [0.4, 0.5) is 0 Å². The summed E-state index contributed by atoms with van der Waals surface area (Å²) in [4.78, 5) is 29.5. The molecule has 0 N–H and O–H groups in total. The minimum atomic E-state index is -0.667. The van der Waals surface area contributed by atoms with Gasteiger partial charge < -0.3 is 18.9 Å². The number of nitriles is 1. The van der Waals surface area contributed by atoms with E-state index >= 15 is 0 Å². The van der Waals surface area contributed by atoms with Gasteiger partial charge in [-0.1, -0.05) is 40.0 Å². The maximum Gasteiger partial charge on any atom is 0.308 e. The highest BCUT2D eigenvalue weighted by atomic mass is 33.1. The van der Waals surface area contributed by atoms with E-state index in [1.807, 2.05) is 39.8 Å². The highest BCUT2D eigenvalue weighted by Crippen LogP contribution is 2.40. The van der Waals surface area contributed by atoms with E-state index < -0.39 is 6.04 Å². The first-order chi connectivity index (χ1) is 24.0. The minimum absolute atomic E-state index is 0.181. The van der Waals surface area contributed by atoms with Gasteiger partial charge >= 0.3 is 11.9 Å². The van der Waals surface area contributed by atoms with Gasteiger partial charge in [0.1, 0.15) is 19.8 Å². The van der Waals surface area contributed by atoms with Gasteiger partial charge in [0.05, 0.1) is 38.9 Å². The van der Waals surface area contributed by atoms with Crippen LogP contribution in [0.3, 0.4) is 0 Å². The summed E-state index contributed by atoms with van der Waals surface area (Å²) in [6.07, 6.45) is 22.3. The second-order valence-electron chi connectivity index (χ2n) is 11.4. The molecule has 1 saturated heterocycles. The number of ether oxygens (including phenoxy) is 4. The van der Waals surface area contributed by atoms with Crippen LogP contribution in [0.5, 0.6) is 0 Å². The van der Waals surface area contributed by atoms with Crippen LogP contribution >= 0.6 is 32.9 Å². The first kappa shape index (κ1) is 40.3. The van der Waals surface area contributed by atoms with Crippen molar-refractivity contribution in [2.75, 3.05) is 38.8 Å². The zero-order valence-electron chi connectivity index (χ0n) is 28.2. The second kappa shape index (κ2) is 24.9. The Morgan fingerprint density at radius 2 is 1.82 bits per heavy atom. The standard InChI is InChI=1S/C37H48N3O6S3/c1-3-21-43-23-16-36(42)45-22-9-5-4-8-18-40-19-14-30(15-20-40)12-13-33-27-31(37(48-33)34(28-38)39-2)29-44-24-25-46-35(41)11-7-6-10-32-17-26-47-49-32/h1,12-15,19-20,27,32,34H,2,4-11,16-18,21-26,29H2/q+1/b13-12+. The Morgan fingerprint density at radius 1 is 1.02 bits per heavy atom. The first-order valence-electron chi connectivity index (χ1n) is 16.9. The van der Waals surface area contributed by atoms with Gasteiger partial charge in [-0.15, -0.1) is 17.8 Å². The SMILES string of the molecule is C#CCOCCC(=O)OCCCCCC[n+]1ccc(/C=C/c2cc(COCCOC(=O)CCCCC3CCSS3)c(C(C#N)N=C)s2)cc1. The highest BCUT2D eigenvalue weighted by Gasteiger charge is 2.18. The molecule has 264 valence electrons. The summed E-state index contributed by atoms with van der Waals surface area (Å²) in [7, 11) is 3.92. The number of nitrogens with zero attached hydrogens (tertiary/aromatic N) is 3. The van der Waals surface area contributed by atoms with E-state index in [0.717, 1.165) is 71.2 Å². The Bertz CT molecular complexity index is 1390. The molecule has 0 aromatic carbocycles. The van der Waals surface area contributed by atoms with Crippen molar-refractivity contribution in [2.45, 2.75) is 88.7 Å². The second-order valence-corrected chi connectivity index (χ2v) is 15.3. The van der Waals surface area contributed by atoms with Gasteiger partial charge in [-0.25, -0.2) is 4.57 Å². The number of hydrogen-bond acceptors (Lipinski definition) is 11. The first-order valence-corrected chi connectivity index (χ1v) is 20.1. The zero-order valence-corrected chi connectivity index (χ0v) is 30.7. The van der Waals surface area contributed by atoms with Crippen molar-refractivity contribution >= 4 is 63.7 Å². The molecular weight excluding hydrogens is 679 g/mol. The van der Waals surface area contributed by atoms with Crippen LogP contribution in [0.15, 0.2) is 35.6 Å². The lowest BCUT2D eigenvalue weighted by molar-refractivity contribution is -0.697. The smallest absolute Gasteiger partial charge is 0.308 e. The molecule has 2 aromatic rings. The maximum absolute atomic E-state index is 12.1. The number of aryl methyl sites for hydroxylation is 1. The summed E-state index contributed by atoms with van der Waals surface area (Å²) in [5.41, 5.74) is 1.94. The van der Waals surface area contributed by atoms with Crippen LogP contribution in [-0.4, -0.2) is 62.7 Å². The Balaban J connectivity index is 1.34. The van der Waals surface area contributed by atoms with Gasteiger partial charge in [0.25, 0.3) is 0 Å². The Morgan fingerprint density at radius 3 is 2.57 bits per heavy atom. The quantitative estimate of drug-likeness (QED) is 0.0258. The van der Waals surface area contributed by atoms with Crippen molar-refractivity contribution < 1.29 is 33.1 Å². The maximum atomic E-state index is 12.1. The van der Waals surface area contributed by atoms with Gasteiger partial charge in [0, 0.05) is 45.7 Å². The molecule has 12 heteroatoms. The van der Waals surface area contributed by atoms with Crippen molar-refractivity contribution in [1.29, 1.82) is 5.26 Å². The molecule has 0 aliphatic carbocycles. The molecule has 1 aliphatic rings. The van der Waals surface area contributed by atoms with Crippen LogP contribution in [0.1, 0.15) is 91.1 Å². The summed E-state index contributed by atoms with van der Waals surface area (Å²) < 4.78 is 23.6. The van der Waals surface area contributed by atoms with Gasteiger partial charge in [-0.05, 0) is 68.5 Å². The zero-order chi connectivity index (χ0) is 34.9. The third-order valence-corrected chi connectivity index (χ3v) is 11.8. The van der Waals surface area contributed by atoms with Crippen molar-refractivity contribution in [2.24, 2.45) is 4.99 Å². The molecule has 0 spiro atoms. The number of hydrogen-bond donors (Lipinski definition) is 0. The average molecular weight is 727 g/mol. The number of thiophene rings is 1. The van der Waals surface area contributed by atoms with Gasteiger partial charge in [-0.2, -0.15) is 5.26 Å². The van der Waals surface area contributed by atoms with E-state index in [9.17, 15) is 14.9 Å². The predicted octanol–water partition coefficient (Wildman–Crippen LogP) is 7.39. The molecule has 0 saturated carbocycles. The monoisotopic (exact) mass is 726 g/mol. The molecule has 3 rings (SSSR count). The van der Waals surface area contributed by atoms with Crippen molar-refractivity contribution in [3.05, 3.63) is 51.5 Å². The largest absolute Gasteiger partial charge is 0.466 e. The van der Waals surface area contributed by atoms with Crippen LogP contribution in [0.25, 0.3) is 12.2 Å². The number of pyridine rings is 1. The highest BCUT2D eigenvalue weighted by molar-refractivity contribution is 8.77. The third kappa shape index (κ3) is 16.9. The molecule has 2 aromatic heterocycles. The lowest BCUT2D eigenvalue weighted by Gasteiger charge is -2.08. The van der Waals surface area contributed by atoms with Gasteiger partial charge in [0.2, 0.25) is 0 Å². The summed E-state index contributed by atoms with van der Waals surface area (Å²) in [6, 6.07) is 7.69. The molecule has 1 aliphatic heterocycles. The summed E-state index contributed by atoms with van der Waals surface area (Å²) in [5.74, 6) is 3.16. The third-order valence-electron chi connectivity index (χ3n) is 7.61. The lowest BCUT2D eigenvalue weighted by atomic mass is 10.1. The lowest BCUT2D eigenvalue weighted by Crippen LogP contribution is -2.32. The van der Waals surface area contributed by atoms with E-state index in [0.29, 0.717) is 19.6 Å². The van der Waals surface area contributed by atoms with E-state index in [2.05, 4.69) is 52.8 Å². The molecule has 0 radical (unpaired) electrons. The van der Waals surface area contributed by atoms with Crippen LogP contribution in [-0.2, 0) is 41.7 Å². The number of esters is 2. The molecule has 2 unspecified atom stereocenters. The Kier molecular flexibility index (Phi) is 20.5. The average Bonchev–Trinajstić information content (AvgIpc) is 3.78. The van der Waals surface area contributed by atoms with Gasteiger partial charge in [0.15, 0.2) is 18.4 Å². The topological polar surface area (TPSA) is 111 Å². The van der Waals surface area contributed by atoms with E-state index in [4.69, 9.17) is 25.4 Å². The number of carbonyl (C=O) groups excluding carboxylic acids is 2. The predicted molar refractivity (Wildman–Crippen MR) is 199 cm³/mol. The molecule has 9 nitrogen and oxygen atoms in total. The van der Waals surface area contributed by atoms with Gasteiger partial charge in [-0.3, -0.25) is 14.6 Å². The number of carbonyl (C=O) groups is 2. The molecule has 0 amide bonds. The van der Waals surface area contributed by atoms with E-state index in [1.165, 1.54) is 29.9 Å². The molecule has 1 fully saturated rings. The molecule has 3 heterocycles. The number of aromatic nitrogens is 1. The minimum Gasteiger partial charge on any atom is -0.466 e. The van der Waals surface area contributed by atoms with Crippen molar-refractivity contribution in [1.82, 2.24) is 0 Å². The fourth-order valence-corrected chi connectivity index (χ4v) is 9.06. The number of aliphatic imine (C=N–C) groups is 1. The van der Waals surface area contributed by atoms with E-state index in [-0.39, 0.29) is 44.8 Å². The number of rotatable bonds is 25. The fraction of sp³-hybridized carbons (Fsp3) is 0.541. The molecule has 2 atom stereocenters. The number of terminal acetylenes is 1. The van der Waals surface area contributed by atoms with Crippen molar-refractivity contribution in [3.63, 3.8) is 0 Å². The molecule has 0 bridgehead atoms. The Hall–Kier alpha value is -3.13. The molecule has 49 heavy (non-hydrogen) atoms. The van der Waals surface area contributed by atoms with Crippen LogP contribution in [0, 0.1) is 23.7 Å². The Labute approximate surface area is 303 Å². The normalized spacial score (nSPS) is 14.7. The summed E-state index contributed by atoms with van der Waals surface area (Å²) in [6.45, 7) is 6.21. The van der Waals surface area contributed by atoms with Crippen LogP contribution < -0.4 is 4.57 Å². The summed E-state index contributed by atoms with van der Waals surface area (Å²) in [5, 5.41) is 10.4. The molecular formula is C37H48N3O6S3+. The van der Waals surface area contributed by atoms with E-state index in [1.54, 1.807) is 0 Å². The van der Waals surface area contributed by atoms with Crippen molar-refractivity contribution in [3.8, 4) is 18.4 Å². The van der Waals surface area contributed by atoms with Crippen LogP contribution in [0.2, 0.25) is 0 Å². The fourth-order valence-electron chi connectivity index (χ4n) is 4.95. The summed E-state index contributed by atoms with van der Waals surface area (Å²) >= 11 is 1.50. The number of unbranched alkanes of at least 4 members (excludes halogenated alkanes) is 4.